The van der Waals surface area contributed by atoms with E-state index in [4.69, 9.17) is 4.74 Å². The van der Waals surface area contributed by atoms with Gasteiger partial charge in [0.1, 0.15) is 10.6 Å². The van der Waals surface area contributed by atoms with Crippen LogP contribution in [0.15, 0.2) is 4.99 Å². The number of isothiocyanates is 1. The number of hydrogen-bond donors (Lipinski definition) is 0. The Bertz CT molecular complexity index is 501. The van der Waals surface area contributed by atoms with Crippen molar-refractivity contribution >= 4 is 39.7 Å². The Balaban J connectivity index is 2.54. The van der Waals surface area contributed by atoms with Gasteiger partial charge in [-0.1, -0.05) is 6.92 Å². The largest absolute Gasteiger partial charge is 0.465 e. The molecule has 5 heteroatoms. The summed E-state index contributed by atoms with van der Waals surface area (Å²) in [6.07, 6.45) is 3.04. The molecule has 0 aliphatic heterocycles. The molecule has 0 amide bonds. The molecule has 1 heterocycles. The molecular formula is C12H13NO2S2. The second-order valence-electron chi connectivity index (χ2n) is 4.23. The third-order valence-electron chi connectivity index (χ3n) is 3.03. The molecule has 0 spiro atoms. The molecule has 0 N–H and O–H groups in total. The van der Waals surface area contributed by atoms with Gasteiger partial charge in [-0.2, -0.15) is 4.99 Å². The number of methoxy groups -OCH3 is 1. The number of hydrogen-bond acceptors (Lipinski definition) is 5. The summed E-state index contributed by atoms with van der Waals surface area (Å²) in [5.74, 6) is 0.344. The van der Waals surface area contributed by atoms with Crippen molar-refractivity contribution in [3.05, 3.63) is 16.0 Å². The summed E-state index contributed by atoms with van der Waals surface area (Å²) in [6.45, 7) is 2.22. The van der Waals surface area contributed by atoms with Gasteiger partial charge in [0.2, 0.25) is 0 Å². The van der Waals surface area contributed by atoms with Crippen LogP contribution >= 0.6 is 23.6 Å². The molecule has 3 nitrogen and oxygen atoms in total. The molecule has 1 aromatic rings. The standard InChI is InChI=1S/C12H13NO2S2/c1-7-3-4-8-9(5-7)17-11(13-6-16)10(8)12(14)15-2/h7H,3-5H2,1-2H3/t7-/m1/s1. The van der Waals surface area contributed by atoms with E-state index >= 15 is 0 Å². The van der Waals surface area contributed by atoms with Crippen molar-refractivity contribution in [3.63, 3.8) is 0 Å². The average molecular weight is 267 g/mol. The number of nitrogens with zero attached hydrogens (tertiary/aromatic N) is 1. The van der Waals surface area contributed by atoms with Crippen LogP contribution in [0.1, 0.15) is 34.1 Å². The summed E-state index contributed by atoms with van der Waals surface area (Å²) >= 11 is 6.16. The zero-order valence-electron chi connectivity index (χ0n) is 9.78. The lowest BCUT2D eigenvalue weighted by atomic mass is 9.88. The number of thiocarbonyl (C=S) groups is 1. The van der Waals surface area contributed by atoms with Crippen LogP contribution < -0.4 is 0 Å². The van der Waals surface area contributed by atoms with Crippen LogP contribution in [0.4, 0.5) is 5.00 Å². The predicted molar refractivity (Wildman–Crippen MR) is 71.5 cm³/mol. The van der Waals surface area contributed by atoms with Crippen molar-refractivity contribution in [2.24, 2.45) is 10.9 Å². The van der Waals surface area contributed by atoms with E-state index in [2.05, 4.69) is 29.3 Å². The van der Waals surface area contributed by atoms with E-state index in [9.17, 15) is 4.79 Å². The van der Waals surface area contributed by atoms with Crippen LogP contribution in [0.25, 0.3) is 0 Å². The minimum atomic E-state index is -0.318. The monoisotopic (exact) mass is 267 g/mol. The molecule has 1 aliphatic carbocycles. The second-order valence-corrected chi connectivity index (χ2v) is 5.49. The molecule has 1 aromatic heterocycles. The Morgan fingerprint density at radius 3 is 3.06 bits per heavy atom. The van der Waals surface area contributed by atoms with Gasteiger partial charge in [0.15, 0.2) is 0 Å². The number of fused-ring (bicyclic) bond motifs is 1. The number of esters is 1. The molecule has 2 rings (SSSR count). The predicted octanol–water partition coefficient (Wildman–Crippen LogP) is 3.39. The maximum absolute atomic E-state index is 11.8. The lowest BCUT2D eigenvalue weighted by Gasteiger charge is -2.18. The highest BCUT2D eigenvalue weighted by Gasteiger charge is 2.27. The molecule has 1 aliphatic rings. The number of aliphatic imine (C=N–C) groups is 1. The van der Waals surface area contributed by atoms with E-state index in [-0.39, 0.29) is 5.97 Å². The first-order chi connectivity index (χ1) is 8.17. The van der Waals surface area contributed by atoms with Crippen LogP contribution in [-0.2, 0) is 17.6 Å². The van der Waals surface area contributed by atoms with Crippen LogP contribution in [0.2, 0.25) is 0 Å². The number of thiophene rings is 1. The number of carbonyl (C=O) groups excluding carboxylic acids is 1. The topological polar surface area (TPSA) is 38.7 Å². The minimum absolute atomic E-state index is 0.318. The lowest BCUT2D eigenvalue weighted by molar-refractivity contribution is 0.0600. The van der Waals surface area contributed by atoms with E-state index < -0.39 is 0 Å². The smallest absolute Gasteiger partial charge is 0.341 e. The van der Waals surface area contributed by atoms with Gasteiger partial charge in [-0.05, 0) is 43.0 Å². The minimum Gasteiger partial charge on any atom is -0.465 e. The fraction of sp³-hybridized carbons (Fsp3) is 0.500. The van der Waals surface area contributed by atoms with Crippen LogP contribution in [-0.4, -0.2) is 18.2 Å². The van der Waals surface area contributed by atoms with Gasteiger partial charge >= 0.3 is 5.97 Å². The van der Waals surface area contributed by atoms with Gasteiger partial charge in [0.25, 0.3) is 0 Å². The fourth-order valence-electron chi connectivity index (χ4n) is 2.17. The van der Waals surface area contributed by atoms with Gasteiger partial charge in [0, 0.05) is 4.88 Å². The molecule has 0 radical (unpaired) electrons. The summed E-state index contributed by atoms with van der Waals surface area (Å²) in [4.78, 5) is 17.0. The highest BCUT2D eigenvalue weighted by Crippen LogP contribution is 2.41. The van der Waals surface area contributed by atoms with Gasteiger partial charge in [0.05, 0.1) is 12.3 Å². The molecule has 0 bridgehead atoms. The third kappa shape index (κ3) is 2.32. The molecule has 17 heavy (non-hydrogen) atoms. The van der Waals surface area contributed by atoms with Crippen LogP contribution in [0, 0.1) is 5.92 Å². The first-order valence-electron chi connectivity index (χ1n) is 5.48. The third-order valence-corrected chi connectivity index (χ3v) is 4.27. The molecule has 0 aromatic carbocycles. The van der Waals surface area contributed by atoms with Crippen molar-refractivity contribution in [3.8, 4) is 0 Å². The molecular weight excluding hydrogens is 254 g/mol. The van der Waals surface area contributed by atoms with E-state index in [1.54, 1.807) is 0 Å². The Morgan fingerprint density at radius 2 is 2.41 bits per heavy atom. The van der Waals surface area contributed by atoms with Gasteiger partial charge in [-0.3, -0.25) is 0 Å². The number of rotatable bonds is 2. The van der Waals surface area contributed by atoms with Crippen LogP contribution in [0.5, 0.6) is 0 Å². The summed E-state index contributed by atoms with van der Waals surface area (Å²) in [5, 5.41) is 2.98. The zero-order valence-corrected chi connectivity index (χ0v) is 11.4. The van der Waals surface area contributed by atoms with Crippen molar-refractivity contribution in [2.45, 2.75) is 26.2 Å². The van der Waals surface area contributed by atoms with E-state index in [0.29, 0.717) is 16.5 Å². The highest BCUT2D eigenvalue weighted by molar-refractivity contribution is 7.78. The second kappa shape index (κ2) is 5.08. The summed E-state index contributed by atoms with van der Waals surface area (Å²) in [7, 11) is 1.39. The van der Waals surface area contributed by atoms with Crippen molar-refractivity contribution in [1.29, 1.82) is 0 Å². The Hall–Kier alpha value is -1.03. The maximum Gasteiger partial charge on any atom is 0.341 e. The summed E-state index contributed by atoms with van der Waals surface area (Å²) < 4.78 is 4.82. The van der Waals surface area contributed by atoms with E-state index in [0.717, 1.165) is 24.8 Å². The molecule has 0 saturated carbocycles. The molecule has 0 saturated heterocycles. The Morgan fingerprint density at radius 1 is 1.65 bits per heavy atom. The van der Waals surface area contributed by atoms with Crippen molar-refractivity contribution in [1.82, 2.24) is 0 Å². The maximum atomic E-state index is 11.8. The van der Waals surface area contributed by atoms with Crippen LogP contribution in [0.3, 0.4) is 0 Å². The summed E-state index contributed by atoms with van der Waals surface area (Å²) in [5.41, 5.74) is 1.70. The lowest BCUT2D eigenvalue weighted by Crippen LogP contribution is -2.12. The number of ether oxygens (including phenoxy) is 1. The molecule has 0 unspecified atom stereocenters. The van der Waals surface area contributed by atoms with E-state index in [1.807, 2.05) is 0 Å². The quantitative estimate of drug-likeness (QED) is 0.468. The molecule has 0 fully saturated rings. The van der Waals surface area contributed by atoms with Crippen molar-refractivity contribution < 1.29 is 9.53 Å². The Labute approximate surface area is 110 Å². The van der Waals surface area contributed by atoms with E-state index in [1.165, 1.54) is 23.3 Å². The molecule has 90 valence electrons. The SMILES string of the molecule is COC(=O)c1c(N=C=S)sc2c1CC[C@@H](C)C2. The average Bonchev–Trinajstić information content (AvgIpc) is 2.65. The van der Waals surface area contributed by atoms with Crippen molar-refractivity contribution in [2.75, 3.05) is 7.11 Å². The van der Waals surface area contributed by atoms with Gasteiger partial charge < -0.3 is 4.74 Å². The zero-order chi connectivity index (χ0) is 12.4. The number of carbonyl (C=O) groups is 1. The normalized spacial score (nSPS) is 18.1. The Kier molecular flexibility index (Phi) is 3.72. The fourth-order valence-corrected chi connectivity index (χ4v) is 3.65. The highest BCUT2D eigenvalue weighted by atomic mass is 32.1. The first kappa shape index (κ1) is 12.4. The van der Waals surface area contributed by atoms with Gasteiger partial charge in [-0.15, -0.1) is 11.3 Å². The van der Waals surface area contributed by atoms with Gasteiger partial charge in [-0.25, -0.2) is 4.79 Å². The molecule has 1 atom stereocenters. The summed E-state index contributed by atoms with van der Waals surface area (Å²) in [6, 6.07) is 0. The first-order valence-corrected chi connectivity index (χ1v) is 6.70.